The van der Waals surface area contributed by atoms with Crippen molar-refractivity contribution in [3.8, 4) is 0 Å². The van der Waals surface area contributed by atoms with Crippen LogP contribution in [0.1, 0.15) is 37.8 Å². The first-order valence-corrected chi connectivity index (χ1v) is 7.50. The highest BCUT2D eigenvalue weighted by Crippen LogP contribution is 2.38. The minimum Gasteiger partial charge on any atom is -0.304 e. The Kier molecular flexibility index (Phi) is 3.33. The number of hydrogen-bond acceptors (Lipinski definition) is 3. The maximum Gasteiger partial charge on any atom is 0.165 e. The highest BCUT2D eigenvalue weighted by Gasteiger charge is 2.33. The third-order valence-corrected chi connectivity index (χ3v) is 4.45. The topological polar surface area (TPSA) is 41.1 Å². The second kappa shape index (κ2) is 4.92. The fourth-order valence-electron chi connectivity index (χ4n) is 2.90. The molecule has 0 radical (unpaired) electrons. The van der Waals surface area contributed by atoms with Crippen LogP contribution in [-0.4, -0.2) is 5.78 Å². The number of hydrogen-bond donors (Lipinski definition) is 2. The molecule has 21 heavy (non-hydrogen) atoms. The summed E-state index contributed by atoms with van der Waals surface area (Å²) >= 11 is 6.07. The Labute approximate surface area is 130 Å². The minimum absolute atomic E-state index is 0.0206. The SMILES string of the molecule is Cc1cc(C2=CC3=C(CC(C)(C)CC3=O)NN2)ccc1Cl. The van der Waals surface area contributed by atoms with Gasteiger partial charge in [0, 0.05) is 22.7 Å². The number of rotatable bonds is 1. The van der Waals surface area contributed by atoms with Crippen LogP contribution in [0.3, 0.4) is 0 Å². The second-order valence-electron chi connectivity index (χ2n) is 6.61. The fourth-order valence-corrected chi connectivity index (χ4v) is 3.02. The number of carbonyl (C=O) groups excluding carboxylic acids is 1. The summed E-state index contributed by atoms with van der Waals surface area (Å²) in [6.07, 6.45) is 3.42. The number of halogens is 1. The second-order valence-corrected chi connectivity index (χ2v) is 7.01. The Morgan fingerprint density at radius 2 is 1.95 bits per heavy atom. The zero-order chi connectivity index (χ0) is 15.2. The van der Waals surface area contributed by atoms with Gasteiger partial charge < -0.3 is 10.9 Å². The number of aryl methyl sites for hydroxylation is 1. The zero-order valence-electron chi connectivity index (χ0n) is 12.5. The quantitative estimate of drug-likeness (QED) is 0.830. The van der Waals surface area contributed by atoms with Gasteiger partial charge in [0.05, 0.1) is 5.70 Å². The van der Waals surface area contributed by atoms with Gasteiger partial charge in [-0.15, -0.1) is 0 Å². The van der Waals surface area contributed by atoms with E-state index in [-0.39, 0.29) is 11.2 Å². The summed E-state index contributed by atoms with van der Waals surface area (Å²) in [4.78, 5) is 12.4. The smallest absolute Gasteiger partial charge is 0.165 e. The molecule has 2 N–H and O–H groups in total. The molecule has 0 saturated heterocycles. The maximum absolute atomic E-state index is 12.4. The lowest BCUT2D eigenvalue weighted by Crippen LogP contribution is -2.40. The monoisotopic (exact) mass is 302 g/mol. The van der Waals surface area contributed by atoms with E-state index in [1.807, 2.05) is 31.2 Å². The summed E-state index contributed by atoms with van der Waals surface area (Å²) in [6, 6.07) is 5.86. The highest BCUT2D eigenvalue weighted by atomic mass is 35.5. The normalized spacial score (nSPS) is 20.4. The number of allylic oxidation sites excluding steroid dienone is 3. The average Bonchev–Trinajstić information content (AvgIpc) is 2.40. The zero-order valence-corrected chi connectivity index (χ0v) is 13.3. The molecule has 0 saturated carbocycles. The van der Waals surface area contributed by atoms with Crippen LogP contribution in [-0.2, 0) is 4.79 Å². The molecule has 110 valence electrons. The Bertz CT molecular complexity index is 686. The van der Waals surface area contributed by atoms with Gasteiger partial charge in [0.2, 0.25) is 0 Å². The maximum atomic E-state index is 12.4. The van der Waals surface area contributed by atoms with Crippen LogP contribution in [0.15, 0.2) is 35.5 Å². The molecule has 3 nitrogen and oxygen atoms in total. The molecule has 1 aliphatic heterocycles. The average molecular weight is 303 g/mol. The molecule has 0 unspecified atom stereocenters. The third kappa shape index (κ3) is 2.70. The number of benzene rings is 1. The molecule has 1 heterocycles. The van der Waals surface area contributed by atoms with Crippen molar-refractivity contribution in [3.63, 3.8) is 0 Å². The van der Waals surface area contributed by atoms with Crippen LogP contribution in [0.5, 0.6) is 0 Å². The first-order valence-electron chi connectivity index (χ1n) is 7.12. The summed E-state index contributed by atoms with van der Waals surface area (Å²) < 4.78 is 0. The van der Waals surface area contributed by atoms with Crippen LogP contribution in [0, 0.1) is 12.3 Å². The largest absolute Gasteiger partial charge is 0.304 e. The first kappa shape index (κ1) is 14.2. The van der Waals surface area contributed by atoms with E-state index >= 15 is 0 Å². The summed E-state index contributed by atoms with van der Waals surface area (Å²) in [7, 11) is 0. The van der Waals surface area contributed by atoms with Gasteiger partial charge in [-0.2, -0.15) is 0 Å². The molecular weight excluding hydrogens is 284 g/mol. The van der Waals surface area contributed by atoms with Crippen LogP contribution < -0.4 is 10.9 Å². The molecule has 0 spiro atoms. The molecule has 3 rings (SSSR count). The van der Waals surface area contributed by atoms with Crippen molar-refractivity contribution in [1.29, 1.82) is 0 Å². The van der Waals surface area contributed by atoms with Crippen LogP contribution in [0.25, 0.3) is 5.70 Å². The van der Waals surface area contributed by atoms with Crippen LogP contribution >= 0.6 is 11.6 Å². The lowest BCUT2D eigenvalue weighted by Gasteiger charge is -2.34. The molecule has 0 fully saturated rings. The lowest BCUT2D eigenvalue weighted by molar-refractivity contribution is -0.117. The summed E-state index contributed by atoms with van der Waals surface area (Å²) in [5.41, 5.74) is 11.2. The standard InChI is InChI=1S/C17H19ClN2O/c1-10-6-11(4-5-13(10)18)14-7-12-15(20-19-14)8-17(2,3)9-16(12)21/h4-7,19-20H,8-9H2,1-3H3. The predicted molar refractivity (Wildman–Crippen MR) is 85.5 cm³/mol. The molecule has 1 aromatic carbocycles. The van der Waals surface area contributed by atoms with Gasteiger partial charge in [-0.1, -0.05) is 31.5 Å². The number of carbonyl (C=O) groups is 1. The van der Waals surface area contributed by atoms with E-state index in [9.17, 15) is 4.79 Å². The van der Waals surface area contributed by atoms with Crippen molar-refractivity contribution in [2.75, 3.05) is 0 Å². The third-order valence-electron chi connectivity index (χ3n) is 4.03. The number of hydrazine groups is 1. The number of nitrogens with one attached hydrogen (secondary N) is 2. The Hall–Kier alpha value is -1.74. The summed E-state index contributed by atoms with van der Waals surface area (Å²) in [5.74, 6) is 0.207. The molecule has 2 aliphatic rings. The summed E-state index contributed by atoms with van der Waals surface area (Å²) in [5, 5.41) is 0.749. The van der Waals surface area contributed by atoms with Gasteiger partial charge in [0.1, 0.15) is 0 Å². The van der Waals surface area contributed by atoms with E-state index < -0.39 is 0 Å². The van der Waals surface area contributed by atoms with Gasteiger partial charge >= 0.3 is 0 Å². The number of Topliss-reactive ketones (excluding diaryl/α,β-unsaturated/α-hetero) is 1. The number of ketones is 1. The first-order chi connectivity index (χ1) is 9.85. The molecule has 1 aromatic rings. The van der Waals surface area contributed by atoms with E-state index in [2.05, 4.69) is 24.7 Å². The summed E-state index contributed by atoms with van der Waals surface area (Å²) in [6.45, 7) is 6.22. The van der Waals surface area contributed by atoms with Gasteiger partial charge in [-0.25, -0.2) is 0 Å². The van der Waals surface area contributed by atoms with Crippen molar-refractivity contribution in [3.05, 3.63) is 51.7 Å². The molecule has 4 heteroatoms. The Morgan fingerprint density at radius 3 is 2.67 bits per heavy atom. The van der Waals surface area contributed by atoms with Crippen molar-refractivity contribution in [2.45, 2.75) is 33.6 Å². The van der Waals surface area contributed by atoms with E-state index in [0.717, 1.165) is 39.5 Å². The van der Waals surface area contributed by atoms with Gasteiger partial charge in [0.15, 0.2) is 5.78 Å². The fraction of sp³-hybridized carbons (Fsp3) is 0.353. The van der Waals surface area contributed by atoms with Crippen molar-refractivity contribution in [2.24, 2.45) is 5.41 Å². The minimum atomic E-state index is 0.0206. The Morgan fingerprint density at radius 1 is 1.19 bits per heavy atom. The van der Waals surface area contributed by atoms with Crippen LogP contribution in [0.4, 0.5) is 0 Å². The lowest BCUT2D eigenvalue weighted by atomic mass is 9.75. The highest BCUT2D eigenvalue weighted by molar-refractivity contribution is 6.31. The van der Waals surface area contributed by atoms with Crippen molar-refractivity contribution >= 4 is 23.1 Å². The Balaban J connectivity index is 1.99. The van der Waals surface area contributed by atoms with Crippen molar-refractivity contribution < 1.29 is 4.79 Å². The van der Waals surface area contributed by atoms with E-state index in [1.165, 1.54) is 0 Å². The van der Waals surface area contributed by atoms with E-state index in [0.29, 0.717) is 6.42 Å². The molecule has 0 aromatic heterocycles. The van der Waals surface area contributed by atoms with Crippen molar-refractivity contribution in [1.82, 2.24) is 10.9 Å². The molecule has 1 aliphatic carbocycles. The van der Waals surface area contributed by atoms with Gasteiger partial charge in [-0.05, 0) is 48.1 Å². The predicted octanol–water partition coefficient (Wildman–Crippen LogP) is 3.74. The molecular formula is C17H19ClN2O. The molecule has 0 atom stereocenters. The van der Waals surface area contributed by atoms with Gasteiger partial charge in [0.25, 0.3) is 0 Å². The van der Waals surface area contributed by atoms with E-state index in [1.54, 1.807) is 0 Å². The van der Waals surface area contributed by atoms with E-state index in [4.69, 9.17) is 11.6 Å². The van der Waals surface area contributed by atoms with Gasteiger partial charge in [-0.3, -0.25) is 4.79 Å². The molecule has 0 amide bonds. The molecule has 0 bridgehead atoms. The van der Waals surface area contributed by atoms with Crippen LogP contribution in [0.2, 0.25) is 5.02 Å².